The van der Waals surface area contributed by atoms with E-state index in [4.69, 9.17) is 0 Å². The van der Waals surface area contributed by atoms with Crippen molar-refractivity contribution >= 4 is 176 Å². The molecule has 2 aliphatic rings. The molecule has 2 N–H and O–H groups in total. The number of carbonyl (C=O) groups excluding carboxylic acids is 9. The Labute approximate surface area is 705 Å². The summed E-state index contributed by atoms with van der Waals surface area (Å²) in [6.07, 6.45) is 8.42. The number of piperidine rings is 2. The minimum atomic E-state index is 0. The molecule has 8 aromatic carbocycles. The molecule has 12 aromatic rings. The van der Waals surface area contributed by atoms with Crippen molar-refractivity contribution in [2.75, 3.05) is 45.8 Å². The van der Waals surface area contributed by atoms with Crippen LogP contribution in [-0.4, -0.2) is 144 Å². The number of Topliss-reactive ketones (excluding diaryl/α,β-unsaturated/α-hetero) is 9. The Balaban J connectivity index is 0.000000320. The largest absolute Gasteiger partial charge is 0.340 e. The zero-order valence-corrected chi connectivity index (χ0v) is 69.6. The van der Waals surface area contributed by atoms with Crippen molar-refractivity contribution in [3.05, 3.63) is 190 Å². The van der Waals surface area contributed by atoms with Crippen LogP contribution in [0.3, 0.4) is 0 Å². The fourth-order valence-corrected chi connectivity index (χ4v) is 15.9. The minimum Gasteiger partial charge on any atom is -0.340 e. The van der Waals surface area contributed by atoms with E-state index in [-0.39, 0.29) is 113 Å². The van der Waals surface area contributed by atoms with Crippen molar-refractivity contribution in [3.8, 4) is 0 Å². The molecule has 14 rings (SSSR count). The molecule has 4 aromatic heterocycles. The van der Waals surface area contributed by atoms with Crippen LogP contribution in [0.5, 0.6) is 0 Å². The molecule has 0 spiro atoms. The molecule has 20 heteroatoms. The molecule has 2 fully saturated rings. The van der Waals surface area contributed by atoms with Gasteiger partial charge in [0, 0.05) is 222 Å². The number of benzene rings is 8. The first-order valence-electron chi connectivity index (χ1n) is 39.0. The fraction of sp³-hybridized carbons (Fsp3) is 0.406. The van der Waals surface area contributed by atoms with Crippen LogP contribution in [0.25, 0.3) is 87.2 Å². The number of aryl methyl sites for hydroxylation is 2. The second kappa shape index (κ2) is 44.3. The van der Waals surface area contributed by atoms with Gasteiger partial charge in [0.2, 0.25) is 0 Å². The molecule has 116 heavy (non-hydrogen) atoms. The van der Waals surface area contributed by atoms with Gasteiger partial charge in [-0.15, -0.1) is 37.2 Å². The summed E-state index contributed by atoms with van der Waals surface area (Å²) in [4.78, 5) is 111. The van der Waals surface area contributed by atoms with E-state index in [1.807, 2.05) is 133 Å². The number of hydrogen-bond donors (Lipinski definition) is 2. The SMILES string of the molecule is C.C.C.C.CC(=O)c1ccc2c(c1)c1cc(C(C)=O)ccc1n2CCCN1CCC(=O)CC1.CC(=O)c1ccc2c(c1)c1cc(C(C)=O)ccc1n2CCCN1[C@H](C)CCC[C@@H]1C.CC(=O)c1ccc2c(c1)c1cc(C(C)=O)ccc1n2CCNC(C)C.CCCNCCn1c2ccc(C(C)=O)cc2c2cc(C(C)=O)ccc21.Cl.Cl.Cl. The summed E-state index contributed by atoms with van der Waals surface area (Å²) in [7, 11) is 0. The minimum absolute atomic E-state index is 0. The lowest BCUT2D eigenvalue weighted by Gasteiger charge is -2.39. The van der Waals surface area contributed by atoms with Gasteiger partial charge in [0.25, 0.3) is 0 Å². The zero-order valence-electron chi connectivity index (χ0n) is 67.1. The van der Waals surface area contributed by atoms with E-state index in [0.29, 0.717) is 81.3 Å². The van der Waals surface area contributed by atoms with Crippen LogP contribution in [-0.2, 0) is 31.0 Å². The first-order valence-corrected chi connectivity index (χ1v) is 39.0. The standard InChI is InChI=1S/C26H32N2O2.C24H26N2O3.2C21H24N2O2.4CH4.3ClH/c1-17-7-5-8-18(2)27(17)13-6-14-28-25-11-9-21(19(3)29)15-23(25)24-16-22(20(4)30)10-12-26(24)28;1-16(27)18-4-6-23-21(14-18)22-15-19(17(2)28)5-7-24(22)26(23)11-3-10-25-12-8-20(29)9-13-25;1-13(2)22-9-10-23-20-7-5-16(14(3)24)11-18(20)19-12-17(15(4)25)6-8-21(19)23;1-4-9-22-10-11-23-20-7-5-16(14(2)24)12-18(20)19-13-17(15(3)25)6-8-21(19)23;;;;;;;/h9-12,15-18H,5-8,13-14H2,1-4H3;4-7,14-15H,3,8-13H2,1-2H3;5-8,11-13,22H,9-10H2,1-4H3;5-8,12-13,22H,4,9-11H2,1-3H3;4*1H4;3*1H/t17-,18+;;;;;;;;;;. The van der Waals surface area contributed by atoms with Crippen LogP contribution >= 0.6 is 37.2 Å². The summed E-state index contributed by atoms with van der Waals surface area (Å²) in [6.45, 7) is 33.7. The summed E-state index contributed by atoms with van der Waals surface area (Å²) >= 11 is 0. The molecule has 0 amide bonds. The Kier molecular flexibility index (Phi) is 37.8. The quantitative estimate of drug-likeness (QED) is 0.0404. The van der Waals surface area contributed by atoms with E-state index in [9.17, 15) is 43.2 Å². The second-order valence-electron chi connectivity index (χ2n) is 30.2. The first-order chi connectivity index (χ1) is 52.2. The Hall–Kier alpha value is -9.30. The summed E-state index contributed by atoms with van der Waals surface area (Å²) in [6, 6.07) is 48.7. The molecule has 0 saturated carbocycles. The van der Waals surface area contributed by atoms with Gasteiger partial charge < -0.3 is 33.8 Å². The molecule has 6 heterocycles. The molecule has 0 bridgehead atoms. The van der Waals surface area contributed by atoms with E-state index in [1.54, 1.807) is 55.4 Å². The summed E-state index contributed by atoms with van der Waals surface area (Å²) in [5, 5.41) is 15.1. The number of rotatable bonds is 25. The highest BCUT2D eigenvalue weighted by Crippen LogP contribution is 2.37. The van der Waals surface area contributed by atoms with Crippen molar-refractivity contribution in [1.29, 1.82) is 0 Å². The van der Waals surface area contributed by atoms with Gasteiger partial charge in [0.15, 0.2) is 46.3 Å². The van der Waals surface area contributed by atoms with Crippen LogP contribution in [0.2, 0.25) is 0 Å². The topological polar surface area (TPSA) is 204 Å². The maximum Gasteiger partial charge on any atom is 0.159 e. The van der Waals surface area contributed by atoms with E-state index < -0.39 is 0 Å². The lowest BCUT2D eigenvalue weighted by atomic mass is 9.97. The Morgan fingerprint density at radius 3 is 0.836 bits per heavy atom. The van der Waals surface area contributed by atoms with E-state index in [0.717, 1.165) is 178 Å². The lowest BCUT2D eigenvalue weighted by molar-refractivity contribution is -0.121. The highest BCUT2D eigenvalue weighted by Gasteiger charge is 2.26. The van der Waals surface area contributed by atoms with Gasteiger partial charge in [-0.2, -0.15) is 0 Å². The monoisotopic (exact) mass is 1640 g/mol. The van der Waals surface area contributed by atoms with Crippen molar-refractivity contribution in [3.63, 3.8) is 0 Å². The summed E-state index contributed by atoms with van der Waals surface area (Å²) in [5.41, 5.74) is 14.4. The van der Waals surface area contributed by atoms with E-state index in [2.05, 4.69) is 85.5 Å². The third-order valence-electron chi connectivity index (χ3n) is 22.0. The number of halogens is 3. The number of likely N-dealkylation sites (tertiary alicyclic amines) is 2. The maximum absolute atomic E-state index is 11.9. The number of nitrogens with one attached hydrogen (secondary N) is 2. The molecule has 0 unspecified atom stereocenters. The second-order valence-corrected chi connectivity index (χ2v) is 30.2. The van der Waals surface area contributed by atoms with Gasteiger partial charge >= 0.3 is 0 Å². The van der Waals surface area contributed by atoms with Crippen LogP contribution in [0, 0.1) is 0 Å². The summed E-state index contributed by atoms with van der Waals surface area (Å²) < 4.78 is 9.17. The van der Waals surface area contributed by atoms with Crippen molar-refractivity contribution < 1.29 is 43.2 Å². The van der Waals surface area contributed by atoms with E-state index >= 15 is 0 Å². The van der Waals surface area contributed by atoms with E-state index in [1.165, 1.54) is 19.3 Å². The number of nitrogens with zero attached hydrogens (tertiary/aromatic N) is 6. The number of ketones is 9. The van der Waals surface area contributed by atoms with Crippen molar-refractivity contribution in [2.24, 2.45) is 0 Å². The molecular weight excluding hydrogens is 1520 g/mol. The molecular formula is C96H125Cl3N8O9. The molecule has 0 aliphatic carbocycles. The van der Waals surface area contributed by atoms with Gasteiger partial charge in [-0.05, 0) is 260 Å². The third-order valence-corrected chi connectivity index (χ3v) is 22.0. The molecule has 2 aliphatic heterocycles. The van der Waals surface area contributed by atoms with Gasteiger partial charge in [0.05, 0.1) is 0 Å². The first kappa shape index (κ1) is 99.1. The number of hydrogen-bond acceptors (Lipinski definition) is 13. The highest BCUT2D eigenvalue weighted by molar-refractivity contribution is 6.17. The predicted molar refractivity (Wildman–Crippen MR) is 492 cm³/mol. The molecule has 0 radical (unpaired) electrons. The van der Waals surface area contributed by atoms with Crippen LogP contribution in [0.15, 0.2) is 146 Å². The van der Waals surface area contributed by atoms with Crippen LogP contribution < -0.4 is 10.6 Å². The number of carbonyl (C=O) groups is 9. The normalized spacial score (nSPS) is 14.0. The predicted octanol–water partition coefficient (Wildman–Crippen LogP) is 22.3. The van der Waals surface area contributed by atoms with Gasteiger partial charge in [-0.25, -0.2) is 0 Å². The van der Waals surface area contributed by atoms with Crippen LogP contribution in [0.1, 0.15) is 254 Å². The fourth-order valence-electron chi connectivity index (χ4n) is 15.9. The van der Waals surface area contributed by atoms with Gasteiger partial charge in [-0.1, -0.05) is 56.9 Å². The Bertz CT molecular complexity index is 5220. The summed E-state index contributed by atoms with van der Waals surface area (Å²) in [5.74, 6) is 0.767. The van der Waals surface area contributed by atoms with Crippen molar-refractivity contribution in [2.45, 2.75) is 215 Å². The maximum atomic E-state index is 11.9. The molecule has 624 valence electrons. The third kappa shape index (κ3) is 22.7. The number of aromatic nitrogens is 4. The molecule has 2 saturated heterocycles. The average Bonchev–Trinajstić information content (AvgIpc) is 1.62. The Morgan fingerprint density at radius 2 is 0.595 bits per heavy atom. The number of fused-ring (bicyclic) bond motifs is 12. The smallest absolute Gasteiger partial charge is 0.159 e. The lowest BCUT2D eigenvalue weighted by Crippen LogP contribution is -2.44. The molecule has 2 atom stereocenters. The zero-order chi connectivity index (χ0) is 78.1. The molecule has 17 nitrogen and oxygen atoms in total. The average molecular weight is 1640 g/mol. The van der Waals surface area contributed by atoms with Crippen LogP contribution in [0.4, 0.5) is 0 Å². The van der Waals surface area contributed by atoms with Gasteiger partial charge in [0.1, 0.15) is 5.78 Å². The highest BCUT2D eigenvalue weighted by atomic mass is 35.5. The van der Waals surface area contributed by atoms with Crippen molar-refractivity contribution in [1.82, 2.24) is 38.7 Å². The Morgan fingerprint density at radius 1 is 0.353 bits per heavy atom. The van der Waals surface area contributed by atoms with Gasteiger partial charge in [-0.3, -0.25) is 48.1 Å².